The van der Waals surface area contributed by atoms with Crippen molar-refractivity contribution in [2.24, 2.45) is 0 Å². The lowest BCUT2D eigenvalue weighted by molar-refractivity contribution is 1.50. The van der Waals surface area contributed by atoms with Crippen LogP contribution in [-0.4, -0.2) is 6.21 Å². The third-order valence-corrected chi connectivity index (χ3v) is 1.37. The molecule has 12 heavy (non-hydrogen) atoms. The molecule has 0 radical (unpaired) electrons. The summed E-state index contributed by atoms with van der Waals surface area (Å²) >= 11 is 0. The van der Waals surface area contributed by atoms with Gasteiger partial charge in [0, 0.05) is 6.21 Å². The topological polar surface area (TPSA) is 23.9 Å². The average molecular weight is 161 g/mol. The lowest BCUT2D eigenvalue weighted by Crippen LogP contribution is -1.82. The summed E-state index contributed by atoms with van der Waals surface area (Å²) in [6.07, 6.45) is 3.08. The van der Waals surface area contributed by atoms with Gasteiger partial charge in [0.2, 0.25) is 0 Å². The first kappa shape index (κ1) is 10.6. The van der Waals surface area contributed by atoms with Gasteiger partial charge in [-0.05, 0) is 11.1 Å². The van der Waals surface area contributed by atoms with Crippen LogP contribution in [0.15, 0.2) is 30.8 Å². The molecule has 1 N–H and O–H groups in total. The molecule has 1 aromatic carbocycles. The Balaban J connectivity index is 0.000000561. The van der Waals surface area contributed by atoms with E-state index in [4.69, 9.17) is 5.41 Å². The molecule has 0 spiro atoms. The van der Waals surface area contributed by atoms with Crippen molar-refractivity contribution >= 4 is 12.3 Å². The summed E-state index contributed by atoms with van der Waals surface area (Å²) in [4.78, 5) is 0. The van der Waals surface area contributed by atoms with Crippen LogP contribution in [0.3, 0.4) is 0 Å². The second-order valence-corrected chi connectivity index (χ2v) is 1.98. The van der Waals surface area contributed by atoms with Crippen molar-refractivity contribution in [2.45, 2.75) is 13.8 Å². The molecule has 0 amide bonds. The monoisotopic (exact) mass is 161 g/mol. The fourth-order valence-electron chi connectivity index (χ4n) is 0.828. The highest BCUT2D eigenvalue weighted by atomic mass is 14.3. The lowest BCUT2D eigenvalue weighted by atomic mass is 10.1. The summed E-state index contributed by atoms with van der Waals surface area (Å²) in [7, 11) is 0. The van der Waals surface area contributed by atoms with E-state index >= 15 is 0 Å². The van der Waals surface area contributed by atoms with Crippen LogP contribution in [0.2, 0.25) is 0 Å². The molecule has 0 aliphatic heterocycles. The van der Waals surface area contributed by atoms with Crippen LogP contribution in [0.25, 0.3) is 6.08 Å². The molecule has 0 aliphatic rings. The number of benzene rings is 1. The molecule has 0 saturated carbocycles. The maximum atomic E-state index is 7.02. The molecule has 0 aliphatic carbocycles. The van der Waals surface area contributed by atoms with Crippen molar-refractivity contribution in [1.29, 1.82) is 5.41 Å². The van der Waals surface area contributed by atoms with Crippen LogP contribution < -0.4 is 0 Å². The third-order valence-electron chi connectivity index (χ3n) is 1.37. The van der Waals surface area contributed by atoms with Gasteiger partial charge >= 0.3 is 0 Å². The van der Waals surface area contributed by atoms with Crippen LogP contribution >= 0.6 is 0 Å². The second-order valence-electron chi connectivity index (χ2n) is 1.98. The van der Waals surface area contributed by atoms with Gasteiger partial charge in [-0.2, -0.15) is 0 Å². The summed E-state index contributed by atoms with van der Waals surface area (Å²) in [6, 6.07) is 7.68. The first-order chi connectivity index (χ1) is 5.88. The summed E-state index contributed by atoms with van der Waals surface area (Å²) < 4.78 is 0. The molecule has 0 saturated heterocycles. The van der Waals surface area contributed by atoms with E-state index in [1.807, 2.05) is 38.1 Å². The Hall–Kier alpha value is -1.37. The molecule has 64 valence electrons. The zero-order valence-corrected chi connectivity index (χ0v) is 7.67. The van der Waals surface area contributed by atoms with E-state index < -0.39 is 0 Å². The third kappa shape index (κ3) is 2.70. The van der Waals surface area contributed by atoms with E-state index in [2.05, 4.69) is 6.58 Å². The number of hydrogen-bond acceptors (Lipinski definition) is 1. The van der Waals surface area contributed by atoms with Crippen molar-refractivity contribution in [3.8, 4) is 0 Å². The molecule has 1 nitrogen and oxygen atoms in total. The molecule has 0 unspecified atom stereocenters. The Morgan fingerprint density at radius 3 is 2.00 bits per heavy atom. The molecular weight excluding hydrogens is 146 g/mol. The van der Waals surface area contributed by atoms with Gasteiger partial charge < -0.3 is 5.41 Å². The minimum atomic E-state index is 0.914. The number of nitrogens with one attached hydrogen (secondary N) is 1. The Kier molecular flexibility index (Phi) is 5.62. The molecule has 1 heteroatoms. The summed E-state index contributed by atoms with van der Waals surface area (Å²) in [5, 5.41) is 7.02. The Morgan fingerprint density at radius 2 is 1.67 bits per heavy atom. The quantitative estimate of drug-likeness (QED) is 0.643. The maximum Gasteiger partial charge on any atom is 0.0256 e. The first-order valence-electron chi connectivity index (χ1n) is 4.10. The molecule has 1 aromatic rings. The van der Waals surface area contributed by atoms with Crippen LogP contribution in [0.1, 0.15) is 25.0 Å². The number of rotatable bonds is 2. The Bertz CT molecular complexity index is 224. The van der Waals surface area contributed by atoms with Gasteiger partial charge in [-0.25, -0.2) is 0 Å². The van der Waals surface area contributed by atoms with E-state index in [1.165, 1.54) is 6.21 Å². The number of hydrogen-bond donors (Lipinski definition) is 1. The van der Waals surface area contributed by atoms with E-state index in [-0.39, 0.29) is 0 Å². The van der Waals surface area contributed by atoms with Gasteiger partial charge in [0.05, 0.1) is 0 Å². The average Bonchev–Trinajstić information content (AvgIpc) is 2.20. The van der Waals surface area contributed by atoms with E-state index in [9.17, 15) is 0 Å². The summed E-state index contributed by atoms with van der Waals surface area (Å²) in [5.41, 5.74) is 1.93. The molecule has 0 heterocycles. The predicted octanol–water partition coefficient (Wildman–Crippen LogP) is 3.35. The first-order valence-corrected chi connectivity index (χ1v) is 4.10. The van der Waals surface area contributed by atoms with Crippen LogP contribution in [0.5, 0.6) is 0 Å². The van der Waals surface area contributed by atoms with Crippen LogP contribution in [0, 0.1) is 5.41 Å². The molecule has 0 atom stereocenters. The largest absolute Gasteiger partial charge is 0.308 e. The van der Waals surface area contributed by atoms with Gasteiger partial charge in [0.15, 0.2) is 0 Å². The lowest BCUT2D eigenvalue weighted by Gasteiger charge is -1.95. The van der Waals surface area contributed by atoms with Crippen LogP contribution in [0.4, 0.5) is 0 Å². The van der Waals surface area contributed by atoms with Crippen LogP contribution in [-0.2, 0) is 0 Å². The van der Waals surface area contributed by atoms with E-state index in [1.54, 1.807) is 6.08 Å². The fraction of sp³-hybridized carbons (Fsp3) is 0.182. The summed E-state index contributed by atoms with van der Waals surface area (Å²) in [6.45, 7) is 7.64. The van der Waals surface area contributed by atoms with Gasteiger partial charge in [0.25, 0.3) is 0 Å². The standard InChI is InChI=1S/C9H9N.C2H6/c1-2-8-5-3-4-6-9(8)7-10;1-2/h2-7,10H,1H2;1-2H3. The van der Waals surface area contributed by atoms with Crippen molar-refractivity contribution in [3.63, 3.8) is 0 Å². The smallest absolute Gasteiger partial charge is 0.0256 e. The van der Waals surface area contributed by atoms with Crippen molar-refractivity contribution in [3.05, 3.63) is 42.0 Å². The van der Waals surface area contributed by atoms with Crippen molar-refractivity contribution in [2.75, 3.05) is 0 Å². The van der Waals surface area contributed by atoms with E-state index in [0.717, 1.165) is 11.1 Å². The minimum Gasteiger partial charge on any atom is -0.308 e. The molecule has 1 rings (SSSR count). The van der Waals surface area contributed by atoms with Gasteiger partial charge in [-0.15, -0.1) is 0 Å². The van der Waals surface area contributed by atoms with E-state index in [0.29, 0.717) is 0 Å². The fourth-order valence-corrected chi connectivity index (χ4v) is 0.828. The highest BCUT2D eigenvalue weighted by Gasteiger charge is 1.90. The molecule has 0 fully saturated rings. The molecule has 0 bridgehead atoms. The normalized spacial score (nSPS) is 7.83. The minimum absolute atomic E-state index is 0.914. The zero-order chi connectivity index (χ0) is 9.40. The van der Waals surface area contributed by atoms with Crippen molar-refractivity contribution < 1.29 is 0 Å². The Labute approximate surface area is 74.3 Å². The molecule has 0 aromatic heterocycles. The van der Waals surface area contributed by atoms with Crippen molar-refractivity contribution in [1.82, 2.24) is 0 Å². The highest BCUT2D eigenvalue weighted by Crippen LogP contribution is 2.06. The maximum absolute atomic E-state index is 7.02. The van der Waals surface area contributed by atoms with Gasteiger partial charge in [-0.1, -0.05) is 50.8 Å². The van der Waals surface area contributed by atoms with Gasteiger partial charge in [0.1, 0.15) is 0 Å². The second kappa shape index (κ2) is 6.35. The Morgan fingerprint density at radius 1 is 1.17 bits per heavy atom. The summed E-state index contributed by atoms with van der Waals surface area (Å²) in [5.74, 6) is 0. The molecular formula is C11H15N. The predicted molar refractivity (Wildman–Crippen MR) is 55.8 cm³/mol. The highest BCUT2D eigenvalue weighted by molar-refractivity contribution is 5.82. The zero-order valence-electron chi connectivity index (χ0n) is 7.67. The SMILES string of the molecule is C=Cc1ccccc1C=N.CC. The van der Waals surface area contributed by atoms with Gasteiger partial charge in [-0.3, -0.25) is 0 Å².